The van der Waals surface area contributed by atoms with Gasteiger partial charge in [-0.1, -0.05) is 30.3 Å². The minimum atomic E-state index is 0. The molecule has 0 heterocycles. The van der Waals surface area contributed by atoms with Crippen LogP contribution in [0.15, 0.2) is 42.5 Å². The Hall–Kier alpha value is -0.500. The zero-order valence-corrected chi connectivity index (χ0v) is 7.66. The van der Waals surface area contributed by atoms with Crippen molar-refractivity contribution in [1.29, 1.82) is 0 Å². The van der Waals surface area contributed by atoms with E-state index in [2.05, 4.69) is 24.3 Å². The van der Waals surface area contributed by atoms with Crippen LogP contribution in [0.4, 0.5) is 0 Å². The molecule has 2 aromatic carbocycles. The van der Waals surface area contributed by atoms with Crippen molar-refractivity contribution >= 4 is 40.3 Å². The monoisotopic (exact) mass is 196 g/mol. The van der Waals surface area contributed by atoms with Crippen LogP contribution in [0.2, 0.25) is 0 Å². The van der Waals surface area contributed by atoms with Gasteiger partial charge in [0.25, 0.3) is 0 Å². The Balaban J connectivity index is 0.000000980. The zero-order chi connectivity index (χ0) is 9.10. The van der Waals surface area contributed by atoms with E-state index >= 15 is 0 Å². The van der Waals surface area contributed by atoms with Gasteiger partial charge >= 0.3 is 29.6 Å². The van der Waals surface area contributed by atoms with E-state index < -0.39 is 0 Å². The number of ether oxygens (including phenoxy) is 1. The first kappa shape index (κ1) is 11.6. The van der Waals surface area contributed by atoms with E-state index in [1.165, 1.54) is 10.8 Å². The Labute approximate surface area is 106 Å². The summed E-state index contributed by atoms with van der Waals surface area (Å²) in [4.78, 5) is 0. The fourth-order valence-electron chi connectivity index (χ4n) is 1.42. The van der Waals surface area contributed by atoms with E-state index in [0.29, 0.717) is 0 Å². The summed E-state index contributed by atoms with van der Waals surface area (Å²) in [6, 6.07) is 14.4. The second-order valence-corrected chi connectivity index (χ2v) is 2.94. The van der Waals surface area contributed by atoms with Crippen molar-refractivity contribution in [2.45, 2.75) is 6.92 Å². The molecular formula is C12H13NaO. The van der Waals surface area contributed by atoms with Crippen LogP contribution in [0.3, 0.4) is 0 Å². The van der Waals surface area contributed by atoms with E-state index in [1.807, 2.05) is 25.1 Å². The predicted octanol–water partition coefficient (Wildman–Crippen LogP) is 2.59. The minimum absolute atomic E-state index is 0. The van der Waals surface area contributed by atoms with Crippen LogP contribution in [-0.4, -0.2) is 36.2 Å². The van der Waals surface area contributed by atoms with Crippen molar-refractivity contribution in [2.75, 3.05) is 6.61 Å². The second-order valence-electron chi connectivity index (χ2n) is 2.94. The molecule has 0 amide bonds. The van der Waals surface area contributed by atoms with Crippen molar-refractivity contribution < 1.29 is 4.74 Å². The van der Waals surface area contributed by atoms with Gasteiger partial charge < -0.3 is 4.74 Å². The molecule has 2 aromatic rings. The quantitative estimate of drug-likeness (QED) is 0.671. The SMILES string of the molecule is CCOc1ccc2ccccc2c1.[NaH]. The number of hydrogen-bond acceptors (Lipinski definition) is 1. The first-order chi connectivity index (χ1) is 6.40. The van der Waals surface area contributed by atoms with E-state index in [-0.39, 0.29) is 29.6 Å². The summed E-state index contributed by atoms with van der Waals surface area (Å²) in [7, 11) is 0. The molecule has 0 aliphatic rings. The molecule has 68 valence electrons. The van der Waals surface area contributed by atoms with E-state index in [1.54, 1.807) is 0 Å². The van der Waals surface area contributed by atoms with E-state index in [4.69, 9.17) is 4.74 Å². The van der Waals surface area contributed by atoms with Crippen LogP contribution >= 0.6 is 0 Å². The molecule has 1 nitrogen and oxygen atoms in total. The molecule has 14 heavy (non-hydrogen) atoms. The van der Waals surface area contributed by atoms with Gasteiger partial charge in [0, 0.05) is 0 Å². The summed E-state index contributed by atoms with van der Waals surface area (Å²) in [5, 5.41) is 2.49. The molecule has 0 saturated heterocycles. The third-order valence-corrected chi connectivity index (χ3v) is 2.03. The molecule has 0 saturated carbocycles. The molecule has 2 rings (SSSR count). The van der Waals surface area contributed by atoms with Crippen LogP contribution in [0.25, 0.3) is 10.8 Å². The van der Waals surface area contributed by atoms with Crippen molar-refractivity contribution in [1.82, 2.24) is 0 Å². The molecule has 0 aliphatic carbocycles. The Kier molecular flexibility index (Phi) is 4.46. The maximum absolute atomic E-state index is 5.41. The summed E-state index contributed by atoms with van der Waals surface area (Å²) in [6.07, 6.45) is 0. The van der Waals surface area contributed by atoms with Gasteiger partial charge in [-0.05, 0) is 29.8 Å². The Morgan fingerprint density at radius 1 is 1.00 bits per heavy atom. The van der Waals surface area contributed by atoms with Gasteiger partial charge in [0.15, 0.2) is 0 Å². The van der Waals surface area contributed by atoms with Gasteiger partial charge in [-0.15, -0.1) is 0 Å². The molecule has 0 radical (unpaired) electrons. The van der Waals surface area contributed by atoms with Gasteiger partial charge in [-0.2, -0.15) is 0 Å². The predicted molar refractivity (Wildman–Crippen MR) is 62.3 cm³/mol. The molecular weight excluding hydrogens is 183 g/mol. The van der Waals surface area contributed by atoms with Gasteiger partial charge in [-0.25, -0.2) is 0 Å². The van der Waals surface area contributed by atoms with Crippen LogP contribution in [0, 0.1) is 0 Å². The molecule has 0 fully saturated rings. The Morgan fingerprint density at radius 3 is 2.43 bits per heavy atom. The molecule has 0 aromatic heterocycles. The number of fused-ring (bicyclic) bond motifs is 1. The molecule has 0 atom stereocenters. The summed E-state index contributed by atoms with van der Waals surface area (Å²) < 4.78 is 5.41. The van der Waals surface area contributed by atoms with E-state index in [9.17, 15) is 0 Å². The van der Waals surface area contributed by atoms with Gasteiger partial charge in [0.05, 0.1) is 6.61 Å². The summed E-state index contributed by atoms with van der Waals surface area (Å²) >= 11 is 0. The van der Waals surface area contributed by atoms with Crippen molar-refractivity contribution in [3.8, 4) is 5.75 Å². The van der Waals surface area contributed by atoms with Crippen LogP contribution in [0.1, 0.15) is 6.92 Å². The molecule has 0 N–H and O–H groups in total. The number of rotatable bonds is 2. The van der Waals surface area contributed by atoms with Crippen LogP contribution in [-0.2, 0) is 0 Å². The Bertz CT molecular complexity index is 412. The standard InChI is InChI=1S/C12H12O.Na.H/c1-2-13-12-8-7-10-5-3-4-6-11(10)9-12;;/h3-9H,2H2,1H3;;. The molecule has 0 spiro atoms. The topological polar surface area (TPSA) is 9.23 Å². The first-order valence-corrected chi connectivity index (χ1v) is 4.52. The molecule has 0 aliphatic heterocycles. The Morgan fingerprint density at radius 2 is 1.71 bits per heavy atom. The molecule has 0 unspecified atom stereocenters. The average Bonchev–Trinajstić information content (AvgIpc) is 2.18. The van der Waals surface area contributed by atoms with Gasteiger partial charge in [0.2, 0.25) is 0 Å². The van der Waals surface area contributed by atoms with Crippen LogP contribution in [0.5, 0.6) is 5.75 Å². The average molecular weight is 196 g/mol. The number of benzene rings is 2. The van der Waals surface area contributed by atoms with Crippen molar-refractivity contribution in [3.05, 3.63) is 42.5 Å². The first-order valence-electron chi connectivity index (χ1n) is 4.52. The fraction of sp³-hybridized carbons (Fsp3) is 0.167. The molecule has 0 bridgehead atoms. The summed E-state index contributed by atoms with van der Waals surface area (Å²) in [5.74, 6) is 0.946. The third kappa shape index (κ3) is 2.50. The van der Waals surface area contributed by atoms with Crippen LogP contribution < -0.4 is 4.74 Å². The van der Waals surface area contributed by atoms with Gasteiger partial charge in [-0.3, -0.25) is 0 Å². The van der Waals surface area contributed by atoms with Gasteiger partial charge in [0.1, 0.15) is 5.75 Å². The number of hydrogen-bond donors (Lipinski definition) is 0. The second kappa shape index (κ2) is 5.40. The maximum atomic E-state index is 5.41. The van der Waals surface area contributed by atoms with E-state index in [0.717, 1.165) is 12.4 Å². The summed E-state index contributed by atoms with van der Waals surface area (Å²) in [6.45, 7) is 2.72. The fourth-order valence-corrected chi connectivity index (χ4v) is 1.42. The summed E-state index contributed by atoms with van der Waals surface area (Å²) in [5.41, 5.74) is 0. The molecule has 2 heteroatoms. The van der Waals surface area contributed by atoms with Crippen molar-refractivity contribution in [2.24, 2.45) is 0 Å². The zero-order valence-electron chi connectivity index (χ0n) is 7.66. The normalized spacial score (nSPS) is 9.50. The van der Waals surface area contributed by atoms with Crippen molar-refractivity contribution in [3.63, 3.8) is 0 Å². The third-order valence-electron chi connectivity index (χ3n) is 2.03.